The summed E-state index contributed by atoms with van der Waals surface area (Å²) in [5.41, 5.74) is 1.17. The van der Waals surface area contributed by atoms with Gasteiger partial charge in [-0.2, -0.15) is 0 Å². The normalized spacial score (nSPS) is 10.0. The van der Waals surface area contributed by atoms with Crippen molar-refractivity contribution >= 4 is 23.5 Å². The monoisotopic (exact) mass is 371 g/mol. The Morgan fingerprint density at radius 1 is 0.889 bits per heavy atom. The lowest BCUT2D eigenvalue weighted by Crippen LogP contribution is -2.21. The van der Waals surface area contributed by atoms with E-state index in [1.807, 2.05) is 6.92 Å². The third-order valence-corrected chi connectivity index (χ3v) is 3.49. The highest BCUT2D eigenvalue weighted by molar-refractivity contribution is 5.96. The molecule has 0 heterocycles. The van der Waals surface area contributed by atoms with Gasteiger partial charge in [0.1, 0.15) is 5.75 Å². The Hall–Kier alpha value is -3.35. The van der Waals surface area contributed by atoms with Gasteiger partial charge in [0.25, 0.3) is 5.91 Å². The van der Waals surface area contributed by atoms with Gasteiger partial charge in [-0.15, -0.1) is 0 Å². The first-order chi connectivity index (χ1) is 13.0. The van der Waals surface area contributed by atoms with Crippen molar-refractivity contribution < 1.29 is 28.6 Å². The van der Waals surface area contributed by atoms with E-state index in [0.29, 0.717) is 29.2 Å². The van der Waals surface area contributed by atoms with Crippen LogP contribution < -0.4 is 10.1 Å². The molecule has 0 spiro atoms. The molecule has 0 aromatic heterocycles. The van der Waals surface area contributed by atoms with E-state index in [4.69, 9.17) is 9.47 Å². The number of rotatable bonds is 8. The van der Waals surface area contributed by atoms with Crippen LogP contribution in [0.15, 0.2) is 48.5 Å². The fourth-order valence-corrected chi connectivity index (χ4v) is 2.13. The number of carbonyl (C=O) groups is 3. The smallest absolute Gasteiger partial charge is 0.338 e. The van der Waals surface area contributed by atoms with Crippen molar-refractivity contribution in [3.05, 3.63) is 59.7 Å². The molecule has 27 heavy (non-hydrogen) atoms. The summed E-state index contributed by atoms with van der Waals surface area (Å²) < 4.78 is 15.0. The van der Waals surface area contributed by atoms with Crippen LogP contribution in [0.25, 0.3) is 0 Å². The molecule has 2 aromatic rings. The van der Waals surface area contributed by atoms with Crippen LogP contribution in [0.1, 0.15) is 34.1 Å². The van der Waals surface area contributed by atoms with Gasteiger partial charge in [-0.1, -0.05) is 6.92 Å². The number of carbonyl (C=O) groups excluding carboxylic acids is 3. The predicted molar refractivity (Wildman–Crippen MR) is 98.9 cm³/mol. The molecule has 0 fully saturated rings. The maximum Gasteiger partial charge on any atom is 0.338 e. The molecule has 0 atom stereocenters. The Kier molecular flexibility index (Phi) is 7.37. The molecule has 0 aliphatic carbocycles. The van der Waals surface area contributed by atoms with E-state index in [1.165, 1.54) is 19.2 Å². The van der Waals surface area contributed by atoms with Crippen LogP contribution in [0.4, 0.5) is 5.69 Å². The van der Waals surface area contributed by atoms with Crippen molar-refractivity contribution in [1.82, 2.24) is 0 Å². The second-order valence-electron chi connectivity index (χ2n) is 5.57. The fraction of sp³-hybridized carbons (Fsp3) is 0.250. The zero-order valence-corrected chi connectivity index (χ0v) is 15.2. The number of benzene rings is 2. The van der Waals surface area contributed by atoms with E-state index in [2.05, 4.69) is 10.1 Å². The molecule has 0 unspecified atom stereocenters. The van der Waals surface area contributed by atoms with Gasteiger partial charge in [-0.3, -0.25) is 4.79 Å². The summed E-state index contributed by atoms with van der Waals surface area (Å²) in [6, 6.07) is 12.7. The average molecular weight is 371 g/mol. The second-order valence-corrected chi connectivity index (χ2v) is 5.57. The zero-order valence-electron chi connectivity index (χ0n) is 15.2. The van der Waals surface area contributed by atoms with Crippen LogP contribution >= 0.6 is 0 Å². The summed E-state index contributed by atoms with van der Waals surface area (Å²) >= 11 is 0. The van der Waals surface area contributed by atoms with E-state index in [9.17, 15) is 14.4 Å². The molecule has 2 rings (SSSR count). The van der Waals surface area contributed by atoms with E-state index in [-0.39, 0.29) is 0 Å². The Labute approximate surface area is 157 Å². The molecule has 1 N–H and O–H groups in total. The largest absolute Gasteiger partial charge is 0.494 e. The molecule has 142 valence electrons. The number of esters is 2. The highest BCUT2D eigenvalue weighted by Gasteiger charge is 2.11. The molecule has 7 heteroatoms. The van der Waals surface area contributed by atoms with Gasteiger partial charge in [0.2, 0.25) is 0 Å². The first kappa shape index (κ1) is 20.0. The maximum absolute atomic E-state index is 12.0. The van der Waals surface area contributed by atoms with Crippen LogP contribution in [-0.4, -0.2) is 38.2 Å². The minimum atomic E-state index is -0.603. The van der Waals surface area contributed by atoms with Crippen molar-refractivity contribution in [2.24, 2.45) is 0 Å². The van der Waals surface area contributed by atoms with Crippen LogP contribution in [0, 0.1) is 0 Å². The maximum atomic E-state index is 12.0. The number of ether oxygens (including phenoxy) is 3. The van der Waals surface area contributed by atoms with Gasteiger partial charge in [0.15, 0.2) is 6.61 Å². The molecule has 0 aliphatic heterocycles. The van der Waals surface area contributed by atoms with Gasteiger partial charge < -0.3 is 19.5 Å². The van der Waals surface area contributed by atoms with E-state index in [0.717, 1.165) is 6.42 Å². The fourth-order valence-electron chi connectivity index (χ4n) is 2.13. The molecule has 0 bridgehead atoms. The minimum absolute atomic E-state index is 0.328. The number of methoxy groups -OCH3 is 1. The van der Waals surface area contributed by atoms with Crippen molar-refractivity contribution in [3.8, 4) is 5.75 Å². The number of nitrogens with one attached hydrogen (secondary N) is 1. The summed E-state index contributed by atoms with van der Waals surface area (Å²) in [6.07, 6.45) is 0.893. The summed E-state index contributed by atoms with van der Waals surface area (Å²) in [6.45, 7) is 2.18. The third-order valence-electron chi connectivity index (χ3n) is 3.49. The van der Waals surface area contributed by atoms with Gasteiger partial charge in [-0.25, -0.2) is 9.59 Å². The van der Waals surface area contributed by atoms with Gasteiger partial charge in [-0.05, 0) is 55.0 Å². The topological polar surface area (TPSA) is 90.9 Å². The van der Waals surface area contributed by atoms with Gasteiger partial charge in [0.05, 0.1) is 24.8 Å². The number of amides is 1. The molecule has 0 saturated carbocycles. The molecule has 0 radical (unpaired) electrons. The average Bonchev–Trinajstić information content (AvgIpc) is 2.70. The molecule has 0 saturated heterocycles. The summed E-state index contributed by atoms with van der Waals surface area (Å²) in [7, 11) is 1.29. The lowest BCUT2D eigenvalue weighted by molar-refractivity contribution is -0.119. The molecular formula is C20H21NO6. The third kappa shape index (κ3) is 6.14. The lowest BCUT2D eigenvalue weighted by Gasteiger charge is -2.08. The van der Waals surface area contributed by atoms with E-state index < -0.39 is 24.5 Å². The van der Waals surface area contributed by atoms with Crippen LogP contribution in [0.5, 0.6) is 5.75 Å². The number of hydrogen-bond acceptors (Lipinski definition) is 6. The van der Waals surface area contributed by atoms with E-state index >= 15 is 0 Å². The van der Waals surface area contributed by atoms with Gasteiger partial charge >= 0.3 is 11.9 Å². The molecule has 2 aromatic carbocycles. The second kappa shape index (κ2) is 9.96. The van der Waals surface area contributed by atoms with Crippen molar-refractivity contribution in [3.63, 3.8) is 0 Å². The van der Waals surface area contributed by atoms with Crippen molar-refractivity contribution in [2.75, 3.05) is 25.6 Å². The van der Waals surface area contributed by atoms with E-state index in [1.54, 1.807) is 36.4 Å². The Balaban J connectivity index is 1.82. The number of hydrogen-bond donors (Lipinski definition) is 1. The lowest BCUT2D eigenvalue weighted by atomic mass is 10.2. The number of anilines is 1. The minimum Gasteiger partial charge on any atom is -0.494 e. The SMILES string of the molecule is CCCOc1ccc(C(=O)OCC(=O)Nc2ccc(C(=O)OC)cc2)cc1. The quantitative estimate of drug-likeness (QED) is 0.717. The zero-order chi connectivity index (χ0) is 19.6. The first-order valence-corrected chi connectivity index (χ1v) is 8.41. The molecule has 1 amide bonds. The summed E-state index contributed by atoms with van der Waals surface area (Å²) in [4.78, 5) is 35.2. The van der Waals surface area contributed by atoms with Crippen LogP contribution in [0.2, 0.25) is 0 Å². The standard InChI is InChI=1S/C20H21NO6/c1-3-12-26-17-10-6-15(7-11-17)20(24)27-13-18(22)21-16-8-4-14(5-9-16)19(23)25-2/h4-11H,3,12-13H2,1-2H3,(H,21,22). The molecular weight excluding hydrogens is 350 g/mol. The molecule has 7 nitrogen and oxygen atoms in total. The van der Waals surface area contributed by atoms with Crippen LogP contribution in [0.3, 0.4) is 0 Å². The Morgan fingerprint density at radius 2 is 1.48 bits per heavy atom. The van der Waals surface area contributed by atoms with Gasteiger partial charge in [0, 0.05) is 5.69 Å². The Morgan fingerprint density at radius 3 is 2.07 bits per heavy atom. The molecule has 0 aliphatic rings. The Bertz CT molecular complexity index is 783. The van der Waals surface area contributed by atoms with Crippen molar-refractivity contribution in [2.45, 2.75) is 13.3 Å². The van der Waals surface area contributed by atoms with Crippen molar-refractivity contribution in [1.29, 1.82) is 0 Å². The highest BCUT2D eigenvalue weighted by Crippen LogP contribution is 2.14. The highest BCUT2D eigenvalue weighted by atomic mass is 16.5. The summed E-state index contributed by atoms with van der Waals surface area (Å²) in [5.74, 6) is -0.889. The first-order valence-electron chi connectivity index (χ1n) is 8.41. The summed E-state index contributed by atoms with van der Waals surface area (Å²) in [5, 5.41) is 2.58. The van der Waals surface area contributed by atoms with Crippen LogP contribution in [-0.2, 0) is 14.3 Å². The predicted octanol–water partition coefficient (Wildman–Crippen LogP) is 3.06.